The van der Waals surface area contributed by atoms with Gasteiger partial charge in [0.05, 0.1) is 24.2 Å². The number of aromatic amines is 1. The minimum atomic E-state index is -2.33. The predicted octanol–water partition coefficient (Wildman–Crippen LogP) is 1.13. The van der Waals surface area contributed by atoms with E-state index in [2.05, 4.69) is 10.2 Å². The van der Waals surface area contributed by atoms with Crippen molar-refractivity contribution in [3.63, 3.8) is 0 Å². The lowest BCUT2D eigenvalue weighted by molar-refractivity contribution is -0.150. The Kier molecular flexibility index (Phi) is 3.12. The number of fused-ring (bicyclic) bond motifs is 1. The van der Waals surface area contributed by atoms with Gasteiger partial charge in [-0.25, -0.2) is 9.18 Å². The molecule has 1 fully saturated rings. The number of H-pyrrole nitrogens is 1. The normalized spacial score (nSPS) is 21.9. The number of carbonyl (C=O) groups excluding carboxylic acids is 1. The minimum absolute atomic E-state index is 0.0518. The third kappa shape index (κ3) is 2.35. The molecule has 2 N–H and O–H groups in total. The summed E-state index contributed by atoms with van der Waals surface area (Å²) in [6.45, 7) is -0.277. The summed E-state index contributed by atoms with van der Waals surface area (Å²) in [7, 11) is 0. The largest absolute Gasteiger partial charge is 0.479 e. The number of benzene rings is 1. The zero-order chi connectivity index (χ0) is 15.0. The number of hydrogen-bond acceptors (Lipinski definition) is 3. The Bertz CT molecular complexity index is 714. The van der Waals surface area contributed by atoms with E-state index in [1.54, 1.807) is 0 Å². The van der Waals surface area contributed by atoms with Crippen molar-refractivity contribution in [1.82, 2.24) is 15.1 Å². The Morgan fingerprint density at radius 1 is 1.43 bits per heavy atom. The fourth-order valence-electron chi connectivity index (χ4n) is 2.57. The second-order valence-electron chi connectivity index (χ2n) is 5.23. The fourth-order valence-corrected chi connectivity index (χ4v) is 2.57. The summed E-state index contributed by atoms with van der Waals surface area (Å²) in [6.07, 6.45) is -0.117. The number of likely N-dealkylation sites (tertiary alicyclic amines) is 1. The highest BCUT2D eigenvalue weighted by Gasteiger charge is 2.46. The van der Waals surface area contributed by atoms with E-state index >= 15 is 0 Å². The van der Waals surface area contributed by atoms with Crippen molar-refractivity contribution in [3.05, 3.63) is 30.0 Å². The fraction of sp³-hybridized carbons (Fsp3) is 0.357. The van der Waals surface area contributed by atoms with Gasteiger partial charge < -0.3 is 10.0 Å². The van der Waals surface area contributed by atoms with Crippen molar-refractivity contribution in [2.45, 2.75) is 18.5 Å². The lowest BCUT2D eigenvalue weighted by Crippen LogP contribution is -2.39. The smallest absolute Gasteiger partial charge is 0.343 e. The molecule has 0 bridgehead atoms. The molecule has 1 unspecified atom stereocenters. The Hall–Kier alpha value is -2.44. The first kappa shape index (κ1) is 13.5. The first-order valence-corrected chi connectivity index (χ1v) is 6.62. The van der Waals surface area contributed by atoms with Crippen LogP contribution >= 0.6 is 0 Å². The van der Waals surface area contributed by atoms with Crippen LogP contribution in [-0.4, -0.2) is 50.8 Å². The Morgan fingerprint density at radius 2 is 2.19 bits per heavy atom. The van der Waals surface area contributed by atoms with Gasteiger partial charge in [-0.15, -0.1) is 0 Å². The zero-order valence-electron chi connectivity index (χ0n) is 11.2. The number of nitrogens with zero attached hydrogens (tertiary/aromatic N) is 2. The molecule has 2 aromatic rings. The number of carbonyl (C=O) groups is 2. The summed E-state index contributed by atoms with van der Waals surface area (Å²) >= 11 is 0. The molecule has 110 valence electrons. The SMILES string of the molecule is O=C(Cc1[nH]nc2ccccc12)N1CCC(F)(C(=O)O)C1. The Labute approximate surface area is 119 Å². The van der Waals surface area contributed by atoms with Crippen LogP contribution in [0, 0.1) is 0 Å². The highest BCUT2D eigenvalue weighted by Crippen LogP contribution is 2.26. The van der Waals surface area contributed by atoms with E-state index in [0.29, 0.717) is 5.69 Å². The van der Waals surface area contributed by atoms with Crippen LogP contribution in [0.3, 0.4) is 0 Å². The number of carboxylic acids is 1. The van der Waals surface area contributed by atoms with Gasteiger partial charge in [0.1, 0.15) is 0 Å². The van der Waals surface area contributed by atoms with Crippen LogP contribution in [0.25, 0.3) is 10.9 Å². The van der Waals surface area contributed by atoms with Crippen molar-refractivity contribution in [2.24, 2.45) is 0 Å². The minimum Gasteiger partial charge on any atom is -0.479 e. The summed E-state index contributed by atoms with van der Waals surface area (Å²) in [4.78, 5) is 24.3. The molecule has 7 heteroatoms. The number of alkyl halides is 1. The second kappa shape index (κ2) is 4.83. The van der Waals surface area contributed by atoms with Crippen LogP contribution in [0.1, 0.15) is 12.1 Å². The summed E-state index contributed by atoms with van der Waals surface area (Å²) in [6, 6.07) is 7.37. The molecule has 21 heavy (non-hydrogen) atoms. The number of carboxylic acid groups (broad SMARTS) is 1. The number of amides is 1. The lowest BCUT2D eigenvalue weighted by atomic mass is 10.1. The van der Waals surface area contributed by atoms with Crippen molar-refractivity contribution in [2.75, 3.05) is 13.1 Å². The van der Waals surface area contributed by atoms with Crippen LogP contribution in [0.4, 0.5) is 4.39 Å². The molecule has 1 aliphatic heterocycles. The summed E-state index contributed by atoms with van der Waals surface area (Å²) in [5.41, 5.74) is -0.916. The van der Waals surface area contributed by atoms with Gasteiger partial charge in [-0.2, -0.15) is 5.10 Å². The molecule has 0 spiro atoms. The molecular weight excluding hydrogens is 277 g/mol. The standard InChI is InChI=1S/C14H14FN3O3/c15-14(13(20)21)5-6-18(8-14)12(19)7-11-9-3-1-2-4-10(9)16-17-11/h1-4H,5-8H2,(H,16,17)(H,20,21). The van der Waals surface area contributed by atoms with Crippen LogP contribution in [0.15, 0.2) is 24.3 Å². The third-order valence-electron chi connectivity index (χ3n) is 3.82. The van der Waals surface area contributed by atoms with Gasteiger partial charge >= 0.3 is 5.97 Å². The molecule has 1 saturated heterocycles. The molecule has 2 heterocycles. The maximum Gasteiger partial charge on any atom is 0.343 e. The number of rotatable bonds is 3. The molecule has 0 aliphatic carbocycles. The maximum absolute atomic E-state index is 14.0. The van der Waals surface area contributed by atoms with Crippen LogP contribution < -0.4 is 0 Å². The second-order valence-corrected chi connectivity index (χ2v) is 5.23. The van der Waals surface area contributed by atoms with E-state index in [-0.39, 0.29) is 25.3 Å². The van der Waals surface area contributed by atoms with Gasteiger partial charge in [0, 0.05) is 18.4 Å². The van der Waals surface area contributed by atoms with Crippen LogP contribution in [0.5, 0.6) is 0 Å². The van der Waals surface area contributed by atoms with Crippen LogP contribution in [-0.2, 0) is 16.0 Å². The summed E-state index contributed by atoms with van der Waals surface area (Å²) < 4.78 is 14.0. The van der Waals surface area contributed by atoms with Crippen molar-refractivity contribution in [3.8, 4) is 0 Å². The summed E-state index contributed by atoms with van der Waals surface area (Å²) in [5.74, 6) is -1.81. The molecule has 1 amide bonds. The van der Waals surface area contributed by atoms with Crippen LogP contribution in [0.2, 0.25) is 0 Å². The Balaban J connectivity index is 1.74. The van der Waals surface area contributed by atoms with Crippen molar-refractivity contribution < 1.29 is 19.1 Å². The number of hydrogen-bond donors (Lipinski definition) is 2. The van der Waals surface area contributed by atoms with E-state index in [4.69, 9.17) is 5.11 Å². The highest BCUT2D eigenvalue weighted by atomic mass is 19.1. The van der Waals surface area contributed by atoms with E-state index in [1.807, 2.05) is 24.3 Å². The number of aliphatic carboxylic acids is 1. The third-order valence-corrected chi connectivity index (χ3v) is 3.82. The van der Waals surface area contributed by atoms with Gasteiger partial charge in [0.2, 0.25) is 11.6 Å². The molecule has 6 nitrogen and oxygen atoms in total. The first-order valence-electron chi connectivity index (χ1n) is 6.62. The molecule has 1 atom stereocenters. The van der Waals surface area contributed by atoms with E-state index in [9.17, 15) is 14.0 Å². The van der Waals surface area contributed by atoms with Crippen molar-refractivity contribution in [1.29, 1.82) is 0 Å². The predicted molar refractivity (Wildman–Crippen MR) is 72.5 cm³/mol. The molecule has 3 rings (SSSR count). The highest BCUT2D eigenvalue weighted by molar-refractivity contribution is 5.88. The van der Waals surface area contributed by atoms with E-state index in [1.165, 1.54) is 4.90 Å². The number of aromatic nitrogens is 2. The Morgan fingerprint density at radius 3 is 2.90 bits per heavy atom. The molecule has 1 aromatic heterocycles. The van der Waals surface area contributed by atoms with E-state index in [0.717, 1.165) is 10.9 Å². The van der Waals surface area contributed by atoms with Gasteiger partial charge in [0.15, 0.2) is 0 Å². The van der Waals surface area contributed by atoms with Gasteiger partial charge in [-0.05, 0) is 6.07 Å². The van der Waals surface area contributed by atoms with Gasteiger partial charge in [0.25, 0.3) is 0 Å². The molecule has 0 radical (unpaired) electrons. The molecular formula is C14H14FN3O3. The lowest BCUT2D eigenvalue weighted by Gasteiger charge is -2.17. The van der Waals surface area contributed by atoms with Gasteiger partial charge in [-0.1, -0.05) is 18.2 Å². The molecule has 1 aliphatic rings. The number of nitrogens with one attached hydrogen (secondary N) is 1. The zero-order valence-corrected chi connectivity index (χ0v) is 11.2. The monoisotopic (exact) mass is 291 g/mol. The summed E-state index contributed by atoms with van der Waals surface area (Å²) in [5, 5.41) is 16.6. The topological polar surface area (TPSA) is 86.3 Å². The average Bonchev–Trinajstić information content (AvgIpc) is 3.05. The molecule has 0 saturated carbocycles. The van der Waals surface area contributed by atoms with E-state index < -0.39 is 18.2 Å². The van der Waals surface area contributed by atoms with Gasteiger partial charge in [-0.3, -0.25) is 9.89 Å². The average molecular weight is 291 g/mol. The van der Waals surface area contributed by atoms with Crippen molar-refractivity contribution >= 4 is 22.8 Å². The number of halogens is 1. The number of para-hydroxylation sites is 1. The molecule has 1 aromatic carbocycles. The maximum atomic E-state index is 14.0. The quantitative estimate of drug-likeness (QED) is 0.887. The first-order chi connectivity index (χ1) is 9.99.